The van der Waals surface area contributed by atoms with E-state index < -0.39 is 0 Å². The fourth-order valence-corrected chi connectivity index (χ4v) is 8.84. The minimum Gasteiger partial charge on any atom is -0.439 e. The second kappa shape index (κ2) is 15.8. The zero-order valence-corrected chi connectivity index (χ0v) is 34.5. The van der Waals surface area contributed by atoms with Gasteiger partial charge in [-0.2, -0.15) is 0 Å². The molecule has 300 valence electrons. The van der Waals surface area contributed by atoms with Crippen molar-refractivity contribution in [2.45, 2.75) is 6.92 Å². The Kier molecular flexibility index (Phi) is 9.44. The smallest absolute Gasteiger partial charge is 0.215 e. The molecule has 12 aromatic rings. The van der Waals surface area contributed by atoms with Crippen LogP contribution < -0.4 is 0 Å². The van der Waals surface area contributed by atoms with E-state index in [0.29, 0.717) is 0 Å². The summed E-state index contributed by atoms with van der Waals surface area (Å²) in [7, 11) is 0. The van der Waals surface area contributed by atoms with Crippen LogP contribution in [0.5, 0.6) is 0 Å². The monoisotopic (exact) mass is 812 g/mol. The summed E-state index contributed by atoms with van der Waals surface area (Å²) in [5.41, 5.74) is 14.3. The lowest BCUT2D eigenvalue weighted by Crippen LogP contribution is -1.96. The van der Waals surface area contributed by atoms with Crippen molar-refractivity contribution in [3.05, 3.63) is 212 Å². The van der Waals surface area contributed by atoms with Gasteiger partial charge in [0.15, 0.2) is 0 Å². The molecule has 0 saturated carbocycles. The number of furan rings is 2. The molecular weight excluding hydrogens is 773 g/mol. The Labute approximate surface area is 364 Å². The molecule has 7 aromatic carbocycles. The van der Waals surface area contributed by atoms with Gasteiger partial charge >= 0.3 is 0 Å². The van der Waals surface area contributed by atoms with Crippen LogP contribution in [0.25, 0.3) is 106 Å². The summed E-state index contributed by atoms with van der Waals surface area (Å²) in [6.07, 6.45) is 5.95. The van der Waals surface area contributed by atoms with Gasteiger partial charge in [-0.15, -0.1) is 0 Å². The lowest BCUT2D eigenvalue weighted by molar-refractivity contribution is 0.643. The first-order valence-electron chi connectivity index (χ1n) is 21.0. The molecule has 0 bridgehead atoms. The normalized spacial score (nSPS) is 11.6. The number of aromatic nitrogens is 3. The molecule has 6 heteroatoms. The highest BCUT2D eigenvalue weighted by molar-refractivity contribution is 6.19. The van der Waals surface area contributed by atoms with Crippen molar-refractivity contribution in [2.75, 3.05) is 0 Å². The number of fused-ring (bicyclic) bond motifs is 8. The van der Waals surface area contributed by atoms with Crippen molar-refractivity contribution < 1.29 is 8.83 Å². The van der Waals surface area contributed by atoms with E-state index >= 15 is 0 Å². The number of hydrogen-bond acceptors (Lipinski definition) is 4. The highest BCUT2D eigenvalue weighted by Crippen LogP contribution is 2.43. The average Bonchev–Trinajstić information content (AvgIpc) is 4.09. The van der Waals surface area contributed by atoms with Crippen LogP contribution in [0.15, 0.2) is 220 Å². The molecule has 0 unspecified atom stereocenters. The molecule has 0 spiro atoms. The topological polar surface area (TPSA) is 61.4 Å². The van der Waals surface area contributed by atoms with Crippen molar-refractivity contribution in [3.63, 3.8) is 0 Å². The average molecular weight is 813 g/mol. The third-order valence-electron chi connectivity index (χ3n) is 11.6. The van der Waals surface area contributed by atoms with Crippen molar-refractivity contribution in [2.24, 2.45) is 4.99 Å². The Morgan fingerprint density at radius 1 is 0.476 bits per heavy atom. The number of benzene rings is 7. The molecule has 0 aliphatic carbocycles. The SMILES string of the molecule is C=Nc1c(/C=C\C)c2c3ccccc3oc2n1-c1cccc(-c2ccccc2)c1.c1ccc(-c2cc(-c3ccccc3)cc(-n3c4ncccc4c4c5ccccc5oc43)c2)cc1. The first-order valence-corrected chi connectivity index (χ1v) is 21.0. The third-order valence-corrected chi connectivity index (χ3v) is 11.6. The quantitative estimate of drug-likeness (QED) is 0.151. The molecule has 0 aliphatic rings. The molecule has 63 heavy (non-hydrogen) atoms. The Morgan fingerprint density at radius 3 is 1.59 bits per heavy atom. The maximum atomic E-state index is 6.44. The molecule has 0 aliphatic heterocycles. The second-order valence-corrected chi connectivity index (χ2v) is 15.4. The van der Waals surface area contributed by atoms with Crippen LogP contribution in [0.4, 0.5) is 5.82 Å². The van der Waals surface area contributed by atoms with Crippen LogP contribution in [0.2, 0.25) is 0 Å². The van der Waals surface area contributed by atoms with Crippen molar-refractivity contribution in [3.8, 4) is 44.8 Å². The van der Waals surface area contributed by atoms with Crippen molar-refractivity contribution >= 4 is 73.8 Å². The molecule has 0 atom stereocenters. The van der Waals surface area contributed by atoms with Gasteiger partial charge in [-0.1, -0.05) is 152 Å². The van der Waals surface area contributed by atoms with E-state index in [4.69, 9.17) is 13.8 Å². The molecule has 0 amide bonds. The Balaban J connectivity index is 0.000000143. The number of allylic oxidation sites excluding steroid dienone is 1. The summed E-state index contributed by atoms with van der Waals surface area (Å²) in [6.45, 7) is 5.86. The highest BCUT2D eigenvalue weighted by Gasteiger charge is 2.23. The maximum Gasteiger partial charge on any atom is 0.215 e. The van der Waals surface area contributed by atoms with E-state index in [1.54, 1.807) is 0 Å². The lowest BCUT2D eigenvalue weighted by atomic mass is 9.98. The van der Waals surface area contributed by atoms with Gasteiger partial charge in [0.1, 0.15) is 22.6 Å². The van der Waals surface area contributed by atoms with E-state index in [0.717, 1.165) is 94.6 Å². The van der Waals surface area contributed by atoms with E-state index in [2.05, 4.69) is 166 Å². The van der Waals surface area contributed by atoms with Crippen LogP contribution in [0.3, 0.4) is 0 Å². The number of pyridine rings is 1. The number of para-hydroxylation sites is 2. The Morgan fingerprint density at radius 2 is 0.984 bits per heavy atom. The van der Waals surface area contributed by atoms with Crippen molar-refractivity contribution in [1.82, 2.24) is 14.1 Å². The molecule has 0 radical (unpaired) electrons. The van der Waals surface area contributed by atoms with Crippen LogP contribution in [-0.2, 0) is 0 Å². The molecule has 12 rings (SSSR count). The third kappa shape index (κ3) is 6.53. The molecular formula is C57H40N4O2. The van der Waals surface area contributed by atoms with Gasteiger partial charge in [-0.25, -0.2) is 9.98 Å². The molecule has 0 N–H and O–H groups in total. The van der Waals surface area contributed by atoms with E-state index in [1.807, 2.05) is 73.8 Å². The molecule has 0 fully saturated rings. The summed E-state index contributed by atoms with van der Waals surface area (Å²) in [5.74, 6) is 0.785. The Bertz CT molecular complexity index is 3590. The first-order chi connectivity index (χ1) is 31.2. The number of nitrogens with zero attached hydrogens (tertiary/aromatic N) is 4. The van der Waals surface area contributed by atoms with Crippen LogP contribution in [0.1, 0.15) is 12.5 Å². The second-order valence-electron chi connectivity index (χ2n) is 15.4. The zero-order valence-electron chi connectivity index (χ0n) is 34.5. The summed E-state index contributed by atoms with van der Waals surface area (Å²) < 4.78 is 16.9. The summed E-state index contributed by atoms with van der Waals surface area (Å²) in [5, 5.41) is 5.44. The van der Waals surface area contributed by atoms with E-state index in [1.165, 1.54) is 16.7 Å². The fraction of sp³-hybridized carbons (Fsp3) is 0.0175. The minimum atomic E-state index is 0.784. The van der Waals surface area contributed by atoms with Gasteiger partial charge < -0.3 is 8.83 Å². The zero-order chi connectivity index (χ0) is 42.3. The fourth-order valence-electron chi connectivity index (χ4n) is 8.84. The maximum absolute atomic E-state index is 6.44. The minimum absolute atomic E-state index is 0.784. The molecule has 5 heterocycles. The highest BCUT2D eigenvalue weighted by atomic mass is 16.3. The number of rotatable bonds is 7. The Hall–Kier alpha value is -8.48. The standard InChI is InChI=1S/C31H20N2O.C26H20N2O/c1-3-10-21(11-4-1)23-18-24(22-12-5-2-6-13-22)20-25(19-23)33-30-27(15-9-17-32-30)29-26-14-7-8-16-28(26)34-31(29)33;1-3-10-22-24-21-15-7-8-16-23(21)29-26(24)28(25(22)27-2)20-14-9-13-19(17-20)18-11-5-4-6-12-18/h1-20H;3-17H,2H2,1H3/b;10-3-. The predicted octanol–water partition coefficient (Wildman–Crippen LogP) is 15.7. The molecule has 5 aromatic heterocycles. The summed E-state index contributed by atoms with van der Waals surface area (Å²) >= 11 is 0. The van der Waals surface area contributed by atoms with Gasteiger partial charge in [0.2, 0.25) is 11.4 Å². The largest absolute Gasteiger partial charge is 0.439 e. The van der Waals surface area contributed by atoms with E-state index in [-0.39, 0.29) is 0 Å². The van der Waals surface area contributed by atoms with Gasteiger partial charge in [-0.3, -0.25) is 9.13 Å². The number of hydrogen-bond donors (Lipinski definition) is 0. The van der Waals surface area contributed by atoms with E-state index in [9.17, 15) is 0 Å². The summed E-state index contributed by atoms with van der Waals surface area (Å²) in [4.78, 5) is 9.17. The van der Waals surface area contributed by atoms with Crippen LogP contribution in [0, 0.1) is 0 Å². The van der Waals surface area contributed by atoms with Gasteiger partial charge in [0.05, 0.1) is 22.1 Å². The van der Waals surface area contributed by atoms with Crippen LogP contribution in [-0.4, -0.2) is 20.8 Å². The lowest BCUT2D eigenvalue weighted by Gasteiger charge is -2.12. The summed E-state index contributed by atoms with van der Waals surface area (Å²) in [6, 6.07) is 66.9. The predicted molar refractivity (Wildman–Crippen MR) is 262 cm³/mol. The van der Waals surface area contributed by atoms with Crippen molar-refractivity contribution in [1.29, 1.82) is 0 Å². The first kappa shape index (κ1) is 37.5. The van der Waals surface area contributed by atoms with Crippen LogP contribution >= 0.6 is 0 Å². The molecule has 6 nitrogen and oxygen atoms in total. The van der Waals surface area contributed by atoms with Gasteiger partial charge in [0.25, 0.3) is 0 Å². The van der Waals surface area contributed by atoms with Gasteiger partial charge in [-0.05, 0) is 102 Å². The van der Waals surface area contributed by atoms with Gasteiger partial charge in [0, 0.05) is 27.9 Å². The number of aliphatic imine (C=N–C) groups is 1. The molecule has 0 saturated heterocycles.